The van der Waals surface area contributed by atoms with Gasteiger partial charge < -0.3 is 15.4 Å². The maximum absolute atomic E-state index is 13.4. The molecule has 206 valence electrons. The number of alkyl carbamates (subject to hydrolysis) is 1. The largest absolute Gasteiger partial charge is 0.445 e. The predicted molar refractivity (Wildman–Crippen MR) is 148 cm³/mol. The highest BCUT2D eigenvalue weighted by molar-refractivity contribution is 5.93. The Hall–Kier alpha value is -4.07. The van der Waals surface area contributed by atoms with Gasteiger partial charge in [-0.1, -0.05) is 81.8 Å². The van der Waals surface area contributed by atoms with Gasteiger partial charge in [0.05, 0.1) is 18.4 Å². The van der Waals surface area contributed by atoms with Crippen LogP contribution in [0.5, 0.6) is 0 Å². The van der Waals surface area contributed by atoms with Crippen molar-refractivity contribution in [2.75, 3.05) is 6.54 Å². The second-order valence-corrected chi connectivity index (χ2v) is 10.7. The fourth-order valence-electron chi connectivity index (χ4n) is 4.01. The Labute approximate surface area is 229 Å². The van der Waals surface area contributed by atoms with Crippen molar-refractivity contribution >= 4 is 17.8 Å². The van der Waals surface area contributed by atoms with Gasteiger partial charge in [-0.05, 0) is 35.6 Å². The van der Waals surface area contributed by atoms with Gasteiger partial charge in [-0.3, -0.25) is 14.6 Å². The molecule has 0 spiro atoms. The van der Waals surface area contributed by atoms with Gasteiger partial charge in [0.25, 0.3) is 0 Å². The second kappa shape index (κ2) is 13.1. The molecule has 2 aromatic carbocycles. The minimum atomic E-state index is -1.40. The fourth-order valence-corrected chi connectivity index (χ4v) is 4.01. The van der Waals surface area contributed by atoms with Crippen LogP contribution < -0.4 is 10.6 Å². The van der Waals surface area contributed by atoms with Crippen molar-refractivity contribution in [3.05, 3.63) is 89.9 Å². The van der Waals surface area contributed by atoms with E-state index in [4.69, 9.17) is 4.74 Å². The topological polar surface area (TPSA) is 97.4 Å². The molecule has 8 heteroatoms. The summed E-state index contributed by atoms with van der Waals surface area (Å²) in [5.74, 6) is -0.995. The Balaban J connectivity index is 1.73. The Kier molecular flexibility index (Phi) is 9.93. The molecular formula is C31H36FN3O4. The molecule has 7 nitrogen and oxygen atoms in total. The molecule has 3 aromatic rings. The molecule has 0 aliphatic heterocycles. The van der Waals surface area contributed by atoms with Gasteiger partial charge >= 0.3 is 6.09 Å². The van der Waals surface area contributed by atoms with E-state index in [9.17, 15) is 18.8 Å². The van der Waals surface area contributed by atoms with Crippen LogP contribution in [0.1, 0.15) is 51.7 Å². The van der Waals surface area contributed by atoms with Gasteiger partial charge in [-0.2, -0.15) is 0 Å². The Morgan fingerprint density at radius 2 is 1.62 bits per heavy atom. The summed E-state index contributed by atoms with van der Waals surface area (Å²) >= 11 is 0. The van der Waals surface area contributed by atoms with Crippen molar-refractivity contribution < 1.29 is 23.5 Å². The molecule has 3 rings (SSSR count). The number of hydrogen-bond acceptors (Lipinski definition) is 5. The first kappa shape index (κ1) is 29.5. The molecule has 0 saturated heterocycles. The summed E-state index contributed by atoms with van der Waals surface area (Å²) in [5, 5.41) is 5.42. The number of pyridine rings is 1. The molecule has 0 aliphatic carbocycles. The van der Waals surface area contributed by atoms with E-state index in [-0.39, 0.29) is 30.8 Å². The first-order valence-corrected chi connectivity index (χ1v) is 13.0. The van der Waals surface area contributed by atoms with Gasteiger partial charge in [0, 0.05) is 18.4 Å². The number of carbonyl (C=O) groups is 3. The molecule has 2 N–H and O–H groups in total. The molecule has 0 radical (unpaired) electrons. The number of carbonyl (C=O) groups excluding carboxylic acids is 3. The number of rotatable bonds is 12. The maximum Gasteiger partial charge on any atom is 0.408 e. The maximum atomic E-state index is 13.4. The molecular weight excluding hydrogens is 497 g/mol. The van der Waals surface area contributed by atoms with Crippen LogP contribution in [0.15, 0.2) is 72.9 Å². The van der Waals surface area contributed by atoms with Crippen molar-refractivity contribution in [3.8, 4) is 11.3 Å². The number of ketones is 1. The molecule has 2 amide bonds. The van der Waals surface area contributed by atoms with E-state index in [0.717, 1.165) is 29.3 Å². The number of nitrogens with zero attached hydrogens (tertiary/aromatic N) is 1. The number of halogens is 1. The highest BCUT2D eigenvalue weighted by Crippen LogP contribution is 2.24. The SMILES string of the molecule is CCC(C)(C)CC(=O)CNC(=O)C(C)(Cc1ccc(-c2ccc(F)cn2)cc1)NC(=O)OCc1ccccc1. The van der Waals surface area contributed by atoms with Crippen molar-refractivity contribution in [1.82, 2.24) is 15.6 Å². The van der Waals surface area contributed by atoms with Crippen LogP contribution in [0.4, 0.5) is 9.18 Å². The van der Waals surface area contributed by atoms with Gasteiger partial charge in [0.2, 0.25) is 5.91 Å². The lowest BCUT2D eigenvalue weighted by Gasteiger charge is -2.29. The van der Waals surface area contributed by atoms with Crippen LogP contribution >= 0.6 is 0 Å². The zero-order chi connectivity index (χ0) is 28.5. The Morgan fingerprint density at radius 1 is 0.923 bits per heavy atom. The summed E-state index contributed by atoms with van der Waals surface area (Å²) in [5.41, 5.74) is 1.41. The zero-order valence-corrected chi connectivity index (χ0v) is 22.9. The van der Waals surface area contributed by atoms with Crippen molar-refractivity contribution in [3.63, 3.8) is 0 Å². The van der Waals surface area contributed by atoms with Crippen molar-refractivity contribution in [2.45, 2.75) is 59.1 Å². The summed E-state index contributed by atoms with van der Waals surface area (Å²) < 4.78 is 18.6. The van der Waals surface area contributed by atoms with E-state index in [0.29, 0.717) is 12.1 Å². The summed E-state index contributed by atoms with van der Waals surface area (Å²) in [6.07, 6.45) is 1.72. The van der Waals surface area contributed by atoms with Crippen LogP contribution in [-0.2, 0) is 27.4 Å². The predicted octanol–water partition coefficient (Wildman–Crippen LogP) is 5.63. The fraction of sp³-hybridized carbons (Fsp3) is 0.355. The number of ether oxygens (including phenoxy) is 1. The van der Waals surface area contributed by atoms with E-state index < -0.39 is 23.4 Å². The summed E-state index contributed by atoms with van der Waals surface area (Å²) in [6.45, 7) is 7.55. The Morgan fingerprint density at radius 3 is 2.23 bits per heavy atom. The summed E-state index contributed by atoms with van der Waals surface area (Å²) in [4.78, 5) is 42.7. The monoisotopic (exact) mass is 533 g/mol. The van der Waals surface area contributed by atoms with Gasteiger partial charge in [-0.15, -0.1) is 0 Å². The molecule has 1 aromatic heterocycles. The second-order valence-electron chi connectivity index (χ2n) is 10.7. The molecule has 1 atom stereocenters. The molecule has 1 unspecified atom stereocenters. The van der Waals surface area contributed by atoms with Crippen LogP contribution in [0.3, 0.4) is 0 Å². The molecule has 0 fully saturated rings. The standard InChI is InChI=1S/C31H36FN3O4/c1-5-30(2,3)18-26(36)20-34-28(37)31(4,35-29(38)39-21-23-9-7-6-8-10-23)17-22-11-13-24(14-12-22)27-16-15-25(32)19-33-27/h6-16,19H,5,17-18,20-21H2,1-4H3,(H,34,37)(H,35,38). The van der Waals surface area contributed by atoms with E-state index in [1.165, 1.54) is 6.07 Å². The van der Waals surface area contributed by atoms with E-state index >= 15 is 0 Å². The average molecular weight is 534 g/mol. The molecule has 0 aliphatic rings. The van der Waals surface area contributed by atoms with E-state index in [2.05, 4.69) is 15.6 Å². The molecule has 1 heterocycles. The van der Waals surface area contributed by atoms with E-state index in [1.807, 2.05) is 75.4 Å². The Bertz CT molecular complexity index is 1260. The smallest absolute Gasteiger partial charge is 0.408 e. The lowest BCUT2D eigenvalue weighted by atomic mass is 9.84. The van der Waals surface area contributed by atoms with Crippen LogP contribution in [0.2, 0.25) is 0 Å². The highest BCUT2D eigenvalue weighted by Gasteiger charge is 2.36. The van der Waals surface area contributed by atoms with Crippen LogP contribution in [0, 0.1) is 11.2 Å². The van der Waals surface area contributed by atoms with Crippen molar-refractivity contribution in [2.24, 2.45) is 5.41 Å². The number of amides is 2. The van der Waals surface area contributed by atoms with Crippen LogP contribution in [-0.4, -0.2) is 34.9 Å². The highest BCUT2D eigenvalue weighted by atomic mass is 19.1. The number of nitrogens with one attached hydrogen (secondary N) is 2. The molecule has 0 saturated carbocycles. The van der Waals surface area contributed by atoms with E-state index in [1.54, 1.807) is 13.0 Å². The quantitative estimate of drug-likeness (QED) is 0.315. The lowest BCUT2D eigenvalue weighted by Crippen LogP contribution is -2.58. The van der Waals surface area contributed by atoms with Crippen molar-refractivity contribution in [1.29, 1.82) is 0 Å². The number of aromatic nitrogens is 1. The zero-order valence-electron chi connectivity index (χ0n) is 22.9. The minimum Gasteiger partial charge on any atom is -0.445 e. The first-order chi connectivity index (χ1) is 18.5. The lowest BCUT2D eigenvalue weighted by molar-refractivity contribution is -0.129. The number of hydrogen-bond donors (Lipinski definition) is 2. The average Bonchev–Trinajstić information content (AvgIpc) is 2.92. The first-order valence-electron chi connectivity index (χ1n) is 13.0. The van der Waals surface area contributed by atoms with Gasteiger partial charge in [0.15, 0.2) is 5.78 Å². The van der Waals surface area contributed by atoms with Gasteiger partial charge in [0.1, 0.15) is 18.0 Å². The third kappa shape index (κ3) is 9.02. The summed E-state index contributed by atoms with van der Waals surface area (Å²) in [6, 6.07) is 19.4. The normalized spacial score (nSPS) is 12.7. The minimum absolute atomic E-state index is 0.0499. The summed E-state index contributed by atoms with van der Waals surface area (Å²) in [7, 11) is 0. The molecule has 0 bridgehead atoms. The number of benzene rings is 2. The third-order valence-corrected chi connectivity index (χ3v) is 6.71. The van der Waals surface area contributed by atoms with Gasteiger partial charge in [-0.25, -0.2) is 9.18 Å². The molecule has 39 heavy (non-hydrogen) atoms. The van der Waals surface area contributed by atoms with Crippen LogP contribution in [0.25, 0.3) is 11.3 Å². The third-order valence-electron chi connectivity index (χ3n) is 6.71. The number of Topliss-reactive ketones (excluding diaryl/α,β-unsaturated/α-hetero) is 1.